The van der Waals surface area contributed by atoms with Crippen LogP contribution in [0.2, 0.25) is 0 Å². The molecule has 0 saturated heterocycles. The molecule has 0 aliphatic rings. The van der Waals surface area contributed by atoms with Crippen molar-refractivity contribution in [2.24, 2.45) is 5.92 Å². The number of nitro groups is 1. The molecule has 9 nitrogen and oxygen atoms in total. The molecule has 0 spiro atoms. The molecule has 9 heteroatoms. The Labute approximate surface area is 185 Å². The highest BCUT2D eigenvalue weighted by molar-refractivity contribution is 6.06. The molecule has 0 aromatic heterocycles. The summed E-state index contributed by atoms with van der Waals surface area (Å²) in [6, 6.07) is 11.0. The van der Waals surface area contributed by atoms with E-state index >= 15 is 0 Å². The van der Waals surface area contributed by atoms with Gasteiger partial charge in [0.1, 0.15) is 11.7 Å². The minimum Gasteiger partial charge on any atom is -0.480 e. The maximum absolute atomic E-state index is 12.9. The van der Waals surface area contributed by atoms with Gasteiger partial charge in [0.25, 0.3) is 17.5 Å². The van der Waals surface area contributed by atoms with Crippen molar-refractivity contribution in [3.63, 3.8) is 0 Å². The van der Waals surface area contributed by atoms with Crippen molar-refractivity contribution in [3.8, 4) is 0 Å². The molecular weight excluding hydrogens is 414 g/mol. The van der Waals surface area contributed by atoms with Gasteiger partial charge in [0.15, 0.2) is 0 Å². The second-order valence-electron chi connectivity index (χ2n) is 7.72. The van der Waals surface area contributed by atoms with Crippen LogP contribution in [0.15, 0.2) is 54.2 Å². The third kappa shape index (κ3) is 7.05. The first-order valence-corrected chi connectivity index (χ1v) is 9.94. The van der Waals surface area contributed by atoms with E-state index in [9.17, 15) is 29.6 Å². The number of hydrogen-bond donors (Lipinski definition) is 3. The lowest BCUT2D eigenvalue weighted by Crippen LogP contribution is -2.45. The fourth-order valence-electron chi connectivity index (χ4n) is 2.88. The van der Waals surface area contributed by atoms with Crippen LogP contribution < -0.4 is 10.6 Å². The smallest absolute Gasteiger partial charge is 0.326 e. The fourth-order valence-corrected chi connectivity index (χ4v) is 2.88. The molecule has 0 bridgehead atoms. The van der Waals surface area contributed by atoms with Gasteiger partial charge in [-0.15, -0.1) is 0 Å². The molecule has 32 heavy (non-hydrogen) atoms. The molecule has 0 heterocycles. The van der Waals surface area contributed by atoms with Gasteiger partial charge in [-0.25, -0.2) is 4.79 Å². The number of hydrogen-bond acceptors (Lipinski definition) is 5. The highest BCUT2D eigenvalue weighted by Crippen LogP contribution is 2.16. The van der Waals surface area contributed by atoms with Crippen molar-refractivity contribution < 1.29 is 24.4 Å². The summed E-state index contributed by atoms with van der Waals surface area (Å²) in [6.45, 7) is 5.51. The van der Waals surface area contributed by atoms with Crippen molar-refractivity contribution in [3.05, 3.63) is 81.0 Å². The Morgan fingerprint density at radius 1 is 1.12 bits per heavy atom. The second-order valence-corrected chi connectivity index (χ2v) is 7.72. The fraction of sp³-hybridized carbons (Fsp3) is 0.261. The maximum Gasteiger partial charge on any atom is 0.326 e. The predicted molar refractivity (Wildman–Crippen MR) is 119 cm³/mol. The van der Waals surface area contributed by atoms with Crippen molar-refractivity contribution in [1.29, 1.82) is 0 Å². The number of carbonyl (C=O) groups is 3. The zero-order valence-electron chi connectivity index (χ0n) is 18.0. The summed E-state index contributed by atoms with van der Waals surface area (Å²) < 4.78 is 0. The lowest BCUT2D eigenvalue weighted by molar-refractivity contribution is -0.384. The summed E-state index contributed by atoms with van der Waals surface area (Å²) in [6.07, 6.45) is 1.46. The van der Waals surface area contributed by atoms with Crippen molar-refractivity contribution in [1.82, 2.24) is 10.6 Å². The Morgan fingerprint density at radius 3 is 2.34 bits per heavy atom. The van der Waals surface area contributed by atoms with Crippen LogP contribution in [-0.4, -0.2) is 33.9 Å². The largest absolute Gasteiger partial charge is 0.480 e. The summed E-state index contributed by atoms with van der Waals surface area (Å²) in [4.78, 5) is 47.6. The van der Waals surface area contributed by atoms with Crippen LogP contribution in [-0.2, 0) is 9.59 Å². The Balaban J connectivity index is 2.39. The van der Waals surface area contributed by atoms with Gasteiger partial charge in [0, 0.05) is 17.7 Å². The van der Waals surface area contributed by atoms with E-state index in [4.69, 9.17) is 0 Å². The summed E-state index contributed by atoms with van der Waals surface area (Å²) >= 11 is 0. The second kappa shape index (κ2) is 10.9. The van der Waals surface area contributed by atoms with E-state index in [-0.39, 0.29) is 23.7 Å². The number of carboxylic acid groups (broad SMARTS) is 1. The summed E-state index contributed by atoms with van der Waals surface area (Å²) in [5.41, 5.74) is 1.12. The van der Waals surface area contributed by atoms with E-state index < -0.39 is 28.7 Å². The number of nitrogens with one attached hydrogen (secondary N) is 2. The molecule has 168 valence electrons. The first kappa shape index (κ1) is 24.3. The van der Waals surface area contributed by atoms with Gasteiger partial charge >= 0.3 is 5.97 Å². The molecule has 1 unspecified atom stereocenters. The van der Waals surface area contributed by atoms with Crippen LogP contribution in [0, 0.1) is 23.0 Å². The minimum absolute atomic E-state index is 0.00255. The molecule has 2 rings (SSSR count). The normalized spacial score (nSPS) is 12.2. The number of benzene rings is 2. The molecule has 2 aromatic rings. The Kier molecular flexibility index (Phi) is 8.23. The quantitative estimate of drug-likeness (QED) is 0.311. The lowest BCUT2D eigenvalue weighted by Gasteiger charge is -2.18. The van der Waals surface area contributed by atoms with Crippen LogP contribution in [0.3, 0.4) is 0 Å². The number of carbonyl (C=O) groups excluding carboxylic acids is 2. The molecule has 2 amide bonds. The number of aliphatic carboxylic acids is 1. The van der Waals surface area contributed by atoms with E-state index in [1.165, 1.54) is 30.3 Å². The van der Waals surface area contributed by atoms with Crippen molar-refractivity contribution >= 4 is 29.5 Å². The first-order valence-electron chi connectivity index (χ1n) is 9.94. The molecule has 1 atom stereocenters. The van der Waals surface area contributed by atoms with Crippen LogP contribution in [0.5, 0.6) is 0 Å². The summed E-state index contributed by atoms with van der Waals surface area (Å²) in [5.74, 6) is -2.59. The van der Waals surface area contributed by atoms with Gasteiger partial charge in [-0.1, -0.05) is 43.7 Å². The highest BCUT2D eigenvalue weighted by atomic mass is 16.6. The average Bonchev–Trinajstić information content (AvgIpc) is 2.72. The van der Waals surface area contributed by atoms with E-state index in [0.717, 1.165) is 5.56 Å². The third-order valence-corrected chi connectivity index (χ3v) is 4.51. The number of carboxylic acids is 1. The molecule has 0 aliphatic carbocycles. The molecule has 2 aromatic carbocycles. The van der Waals surface area contributed by atoms with Crippen LogP contribution in [0.4, 0.5) is 5.69 Å². The number of aryl methyl sites for hydroxylation is 1. The van der Waals surface area contributed by atoms with Crippen LogP contribution in [0.25, 0.3) is 6.08 Å². The molecular formula is C23H25N3O6. The SMILES string of the molecule is Cc1ccc(C(=O)NC(=Cc2cccc([N+](=O)[O-])c2)C(=O)NC(CC(C)C)C(=O)O)cc1. The third-order valence-electron chi connectivity index (χ3n) is 4.51. The van der Waals surface area contributed by atoms with Gasteiger partial charge in [-0.2, -0.15) is 0 Å². The molecule has 0 saturated carbocycles. The number of nitro benzene ring substituents is 1. The molecule has 0 aliphatic heterocycles. The number of rotatable bonds is 9. The Bertz CT molecular complexity index is 1040. The summed E-state index contributed by atoms with van der Waals surface area (Å²) in [5, 5.41) is 25.4. The van der Waals surface area contributed by atoms with Crippen molar-refractivity contribution in [2.75, 3.05) is 0 Å². The van der Waals surface area contributed by atoms with E-state index in [1.807, 2.05) is 20.8 Å². The Morgan fingerprint density at radius 2 is 1.78 bits per heavy atom. The van der Waals surface area contributed by atoms with E-state index in [1.54, 1.807) is 24.3 Å². The topological polar surface area (TPSA) is 139 Å². The van der Waals surface area contributed by atoms with Gasteiger partial charge < -0.3 is 15.7 Å². The van der Waals surface area contributed by atoms with E-state index in [0.29, 0.717) is 11.1 Å². The molecule has 0 fully saturated rings. The number of amides is 2. The number of nitrogens with zero attached hydrogens (tertiary/aromatic N) is 1. The average molecular weight is 439 g/mol. The van der Waals surface area contributed by atoms with Crippen molar-refractivity contribution in [2.45, 2.75) is 33.2 Å². The van der Waals surface area contributed by atoms with Crippen LogP contribution >= 0.6 is 0 Å². The van der Waals surface area contributed by atoms with Gasteiger partial charge in [0.2, 0.25) is 0 Å². The zero-order valence-corrected chi connectivity index (χ0v) is 18.0. The first-order chi connectivity index (χ1) is 15.1. The molecule has 3 N–H and O–H groups in total. The van der Waals surface area contributed by atoms with Gasteiger partial charge in [-0.05, 0) is 43.0 Å². The van der Waals surface area contributed by atoms with Gasteiger partial charge in [-0.3, -0.25) is 19.7 Å². The van der Waals surface area contributed by atoms with E-state index in [2.05, 4.69) is 10.6 Å². The minimum atomic E-state index is -1.20. The van der Waals surface area contributed by atoms with Crippen LogP contribution in [0.1, 0.15) is 41.8 Å². The Hall–Kier alpha value is -4.01. The zero-order chi connectivity index (χ0) is 23.8. The number of non-ortho nitro benzene ring substituents is 1. The molecule has 0 radical (unpaired) electrons. The standard InChI is InChI=1S/C23H25N3O6/c1-14(2)11-20(23(29)30)25-22(28)19(13-16-5-4-6-18(12-16)26(31)32)24-21(27)17-9-7-15(3)8-10-17/h4-10,12-14,20H,11H2,1-3H3,(H,24,27)(H,25,28)(H,29,30). The van der Waals surface area contributed by atoms with Gasteiger partial charge in [0.05, 0.1) is 4.92 Å². The maximum atomic E-state index is 12.9. The highest BCUT2D eigenvalue weighted by Gasteiger charge is 2.24. The monoisotopic (exact) mass is 439 g/mol. The lowest BCUT2D eigenvalue weighted by atomic mass is 10.0. The predicted octanol–water partition coefficient (Wildman–Crippen LogP) is 3.29. The summed E-state index contributed by atoms with van der Waals surface area (Å²) in [7, 11) is 0.